The molecule has 41 heavy (non-hydrogen) atoms. The van der Waals surface area contributed by atoms with Crippen LogP contribution in [0.1, 0.15) is 44.6 Å². The fourth-order valence-electron chi connectivity index (χ4n) is 4.12. The van der Waals surface area contributed by atoms with Gasteiger partial charge in [0.1, 0.15) is 17.5 Å². The lowest BCUT2D eigenvalue weighted by Crippen LogP contribution is -2.22. The second-order valence-electron chi connectivity index (χ2n) is 10.4. The number of anilines is 1. The normalized spacial score (nSPS) is 12.0. The first kappa shape index (κ1) is 30.6. The molecular formula is C34H35F2N5. The average Bonchev–Trinajstić information content (AvgIpc) is 3.36. The molecule has 4 aromatic rings. The number of H-pyrrole nitrogens is 1. The van der Waals surface area contributed by atoms with Crippen molar-refractivity contribution >= 4 is 22.4 Å². The van der Waals surface area contributed by atoms with Crippen LogP contribution in [-0.2, 0) is 6.42 Å². The van der Waals surface area contributed by atoms with Gasteiger partial charge < -0.3 is 16.0 Å². The number of nitrogens with two attached hydrogens (primary N) is 1. The highest BCUT2D eigenvalue weighted by Gasteiger charge is 2.17. The minimum absolute atomic E-state index is 0.159. The van der Waals surface area contributed by atoms with Crippen molar-refractivity contribution in [2.75, 3.05) is 5.73 Å². The van der Waals surface area contributed by atoms with E-state index in [1.54, 1.807) is 24.4 Å². The van der Waals surface area contributed by atoms with E-state index < -0.39 is 5.82 Å². The maximum absolute atomic E-state index is 15.2. The molecule has 0 aliphatic heterocycles. The standard InChI is InChI=1S/C32H33F2N5.C2H2/c1-7-20(15-24(8-2)37-19(3)32(4,5)6)26-16-22(28(35)18-27(26)34)17-29-38-30-25(12-13-36-31(30)39-29)21-10-9-11-23(33)14-21;1-2/h7-16,18,37H,2-3,17,35H2,1,4-6H3,(H,36,38,39);1-2H/b20-7+,24-15+;. The first-order chi connectivity index (χ1) is 19.5. The zero-order valence-corrected chi connectivity index (χ0v) is 23.9. The Kier molecular flexibility index (Phi) is 9.64. The van der Waals surface area contributed by atoms with Gasteiger partial charge in [-0.15, -0.1) is 12.8 Å². The molecule has 0 amide bonds. The fourth-order valence-corrected chi connectivity index (χ4v) is 4.12. The Balaban J connectivity index is 0.00000226. The van der Waals surface area contributed by atoms with Crippen molar-refractivity contribution in [2.45, 2.75) is 34.1 Å². The monoisotopic (exact) mass is 551 g/mol. The van der Waals surface area contributed by atoms with Crippen molar-refractivity contribution in [2.24, 2.45) is 5.41 Å². The number of aromatic nitrogens is 3. The molecule has 0 saturated heterocycles. The van der Waals surface area contributed by atoms with Crippen LogP contribution in [0.3, 0.4) is 0 Å². The molecule has 2 aromatic heterocycles. The summed E-state index contributed by atoms with van der Waals surface area (Å²) in [6.07, 6.45) is 15.3. The molecule has 0 aliphatic carbocycles. The van der Waals surface area contributed by atoms with Gasteiger partial charge in [-0.2, -0.15) is 0 Å². The molecule has 0 radical (unpaired) electrons. The topological polar surface area (TPSA) is 79.6 Å². The molecule has 4 rings (SSSR count). The molecule has 4 N–H and O–H groups in total. The lowest BCUT2D eigenvalue weighted by atomic mass is 9.92. The third-order valence-electron chi connectivity index (χ3n) is 6.52. The summed E-state index contributed by atoms with van der Waals surface area (Å²) in [5.74, 6) is -0.147. The zero-order chi connectivity index (χ0) is 30.3. The number of hydrogen-bond acceptors (Lipinski definition) is 4. The Morgan fingerprint density at radius 2 is 1.88 bits per heavy atom. The van der Waals surface area contributed by atoms with E-state index in [0.717, 1.165) is 11.3 Å². The van der Waals surface area contributed by atoms with Gasteiger partial charge in [0.05, 0.1) is 5.52 Å². The predicted octanol–water partition coefficient (Wildman–Crippen LogP) is 7.95. The first-order valence-corrected chi connectivity index (χ1v) is 13.0. The van der Waals surface area contributed by atoms with Crippen molar-refractivity contribution < 1.29 is 8.78 Å². The van der Waals surface area contributed by atoms with E-state index in [0.29, 0.717) is 57.1 Å². The summed E-state index contributed by atoms with van der Waals surface area (Å²) < 4.78 is 29.0. The summed E-state index contributed by atoms with van der Waals surface area (Å²) in [4.78, 5) is 12.3. The molecule has 2 aromatic carbocycles. The van der Waals surface area contributed by atoms with E-state index in [2.05, 4.69) is 67.0 Å². The van der Waals surface area contributed by atoms with E-state index in [-0.39, 0.29) is 11.2 Å². The quantitative estimate of drug-likeness (QED) is 0.118. The van der Waals surface area contributed by atoms with E-state index in [4.69, 9.17) is 5.73 Å². The van der Waals surface area contributed by atoms with Gasteiger partial charge in [-0.3, -0.25) is 0 Å². The summed E-state index contributed by atoms with van der Waals surface area (Å²) in [7, 11) is 0. The maximum atomic E-state index is 15.2. The minimum Gasteiger partial charge on any atom is -0.398 e. The van der Waals surface area contributed by atoms with Gasteiger partial charge in [0.2, 0.25) is 0 Å². The molecule has 7 heteroatoms. The minimum atomic E-state index is -0.432. The highest BCUT2D eigenvalue weighted by molar-refractivity contribution is 5.89. The van der Waals surface area contributed by atoms with Gasteiger partial charge >= 0.3 is 0 Å². The van der Waals surface area contributed by atoms with Gasteiger partial charge in [0, 0.05) is 46.2 Å². The van der Waals surface area contributed by atoms with Crippen LogP contribution in [0.5, 0.6) is 0 Å². The molecule has 210 valence electrons. The number of rotatable bonds is 8. The Morgan fingerprint density at radius 1 is 1.15 bits per heavy atom. The number of fused-ring (bicyclic) bond motifs is 1. The molecule has 0 atom stereocenters. The van der Waals surface area contributed by atoms with Gasteiger partial charge in [-0.25, -0.2) is 18.7 Å². The number of nitrogens with zero attached hydrogens (tertiary/aromatic N) is 2. The van der Waals surface area contributed by atoms with Crippen LogP contribution in [-0.4, -0.2) is 15.0 Å². The second kappa shape index (κ2) is 12.9. The maximum Gasteiger partial charge on any atom is 0.178 e. The van der Waals surface area contributed by atoms with Crippen LogP contribution in [0.2, 0.25) is 0 Å². The Labute approximate surface area is 240 Å². The third kappa shape index (κ3) is 7.17. The second-order valence-corrected chi connectivity index (χ2v) is 10.4. The van der Waals surface area contributed by atoms with Crippen LogP contribution in [0, 0.1) is 29.9 Å². The summed E-state index contributed by atoms with van der Waals surface area (Å²) in [5.41, 5.74) is 12.4. The molecule has 0 bridgehead atoms. The van der Waals surface area contributed by atoms with Crippen molar-refractivity contribution in [3.05, 3.63) is 120 Å². The van der Waals surface area contributed by atoms with E-state index in [1.807, 2.05) is 31.2 Å². The molecular weight excluding hydrogens is 516 g/mol. The van der Waals surface area contributed by atoms with Gasteiger partial charge in [0.15, 0.2) is 5.65 Å². The first-order valence-electron chi connectivity index (χ1n) is 13.0. The third-order valence-corrected chi connectivity index (χ3v) is 6.52. The number of benzene rings is 2. The van der Waals surface area contributed by atoms with Gasteiger partial charge in [-0.1, -0.05) is 52.1 Å². The fraction of sp³-hybridized carbons (Fsp3) is 0.176. The summed E-state index contributed by atoms with van der Waals surface area (Å²) >= 11 is 0. The number of allylic oxidation sites excluding steroid dienone is 5. The Hall–Kier alpha value is -4.96. The van der Waals surface area contributed by atoms with Crippen molar-refractivity contribution in [3.8, 4) is 24.0 Å². The molecule has 0 saturated carbocycles. The Bertz CT molecular complexity index is 1670. The van der Waals surface area contributed by atoms with Crippen LogP contribution >= 0.6 is 0 Å². The van der Waals surface area contributed by atoms with Crippen LogP contribution in [0.25, 0.3) is 27.9 Å². The van der Waals surface area contributed by atoms with Crippen LogP contribution < -0.4 is 11.1 Å². The van der Waals surface area contributed by atoms with Gasteiger partial charge in [-0.05, 0) is 66.1 Å². The number of halogens is 2. The summed E-state index contributed by atoms with van der Waals surface area (Å²) in [6.45, 7) is 16.0. The highest BCUT2D eigenvalue weighted by atomic mass is 19.1. The SMILES string of the molecule is C#C.C=C/C(=C\C(=C/C)c1cc(Cc2nc3nccc(-c4cccc(F)c4)c3[nH]2)c(N)cc1F)NC(=C)C(C)(C)C. The number of pyridine rings is 1. The lowest BCUT2D eigenvalue weighted by molar-refractivity contribution is 0.478. The molecule has 2 heterocycles. The van der Waals surface area contributed by atoms with Crippen molar-refractivity contribution in [1.82, 2.24) is 20.3 Å². The van der Waals surface area contributed by atoms with E-state index in [1.165, 1.54) is 18.2 Å². The van der Waals surface area contributed by atoms with Crippen LogP contribution in [0.15, 0.2) is 91.4 Å². The largest absolute Gasteiger partial charge is 0.398 e. The van der Waals surface area contributed by atoms with E-state index in [9.17, 15) is 4.39 Å². The molecule has 5 nitrogen and oxygen atoms in total. The smallest absolute Gasteiger partial charge is 0.178 e. The average molecular weight is 552 g/mol. The van der Waals surface area contributed by atoms with Crippen LogP contribution in [0.4, 0.5) is 14.5 Å². The highest BCUT2D eigenvalue weighted by Crippen LogP contribution is 2.30. The predicted molar refractivity (Wildman–Crippen MR) is 166 cm³/mol. The number of nitrogens with one attached hydrogen (secondary N) is 2. The lowest BCUT2D eigenvalue weighted by Gasteiger charge is -2.24. The molecule has 0 aliphatic rings. The molecule has 0 spiro atoms. The zero-order valence-electron chi connectivity index (χ0n) is 23.9. The molecule has 0 unspecified atom stereocenters. The summed E-state index contributed by atoms with van der Waals surface area (Å²) in [6, 6.07) is 11.2. The number of imidazole rings is 1. The number of terminal acetylenes is 1. The summed E-state index contributed by atoms with van der Waals surface area (Å²) in [5, 5.41) is 3.28. The number of hydrogen-bond donors (Lipinski definition) is 3. The van der Waals surface area contributed by atoms with Gasteiger partial charge in [0.25, 0.3) is 0 Å². The number of nitrogen functional groups attached to an aromatic ring is 1. The Morgan fingerprint density at radius 3 is 2.51 bits per heavy atom. The number of aromatic amines is 1. The van der Waals surface area contributed by atoms with Crippen molar-refractivity contribution in [1.29, 1.82) is 0 Å². The molecule has 0 fully saturated rings. The van der Waals surface area contributed by atoms with Crippen molar-refractivity contribution in [3.63, 3.8) is 0 Å². The van der Waals surface area contributed by atoms with E-state index >= 15 is 4.39 Å².